The van der Waals surface area contributed by atoms with E-state index in [-0.39, 0.29) is 29.2 Å². The van der Waals surface area contributed by atoms with Crippen molar-refractivity contribution < 1.29 is 37.0 Å². The quantitative estimate of drug-likeness (QED) is 0.426. The second kappa shape index (κ2) is 9.03. The smallest absolute Gasteiger partial charge is 0.329 e. The van der Waals surface area contributed by atoms with Gasteiger partial charge in [0.05, 0.1) is 21.9 Å². The van der Waals surface area contributed by atoms with Crippen molar-refractivity contribution in [3.05, 3.63) is 58.1 Å². The fraction of sp³-hybridized carbons (Fsp3) is 0.318. The van der Waals surface area contributed by atoms with Crippen molar-refractivity contribution >= 4 is 39.2 Å². The van der Waals surface area contributed by atoms with E-state index in [1.54, 1.807) is 24.3 Å². The molecule has 4 rings (SSSR count). The first-order chi connectivity index (χ1) is 15.7. The number of esters is 1. The van der Waals surface area contributed by atoms with Crippen LogP contribution in [0.4, 0.5) is 0 Å². The van der Waals surface area contributed by atoms with E-state index in [0.29, 0.717) is 30.3 Å². The summed E-state index contributed by atoms with van der Waals surface area (Å²) in [5, 5.41) is 0.284. The normalized spacial score (nSPS) is 15.9. The molecule has 1 atom stereocenters. The number of hydrogen-bond acceptors (Lipinski definition) is 8. The van der Waals surface area contributed by atoms with Crippen molar-refractivity contribution in [1.29, 1.82) is 0 Å². The molecule has 0 bridgehead atoms. The van der Waals surface area contributed by atoms with E-state index >= 15 is 0 Å². The first-order valence-electron chi connectivity index (χ1n) is 10.0. The van der Waals surface area contributed by atoms with Crippen LogP contribution in [-0.4, -0.2) is 62.4 Å². The Morgan fingerprint density at radius 3 is 2.39 bits per heavy atom. The summed E-state index contributed by atoms with van der Waals surface area (Å²) in [6.45, 7) is 0.483. The number of halogens is 1. The van der Waals surface area contributed by atoms with E-state index in [0.717, 1.165) is 11.2 Å². The molecule has 11 heteroatoms. The maximum Gasteiger partial charge on any atom is 0.329 e. The minimum Gasteiger partial charge on any atom is -0.486 e. The number of rotatable bonds is 7. The summed E-state index contributed by atoms with van der Waals surface area (Å²) >= 11 is 6.21. The van der Waals surface area contributed by atoms with Gasteiger partial charge in [-0.15, -0.1) is 0 Å². The van der Waals surface area contributed by atoms with Crippen LogP contribution < -0.4 is 9.47 Å². The number of carbonyl (C=O) groups excluding carboxylic acids is 3. The van der Waals surface area contributed by atoms with E-state index in [2.05, 4.69) is 0 Å². The van der Waals surface area contributed by atoms with Crippen molar-refractivity contribution in [3.63, 3.8) is 0 Å². The average molecular weight is 494 g/mol. The molecule has 0 fully saturated rings. The number of fused-ring (bicyclic) bond motifs is 2. The summed E-state index contributed by atoms with van der Waals surface area (Å²) in [7, 11) is -3.47. The molecule has 2 amide bonds. The first-order valence-corrected chi connectivity index (χ1v) is 12.5. The molecule has 2 aromatic carbocycles. The lowest BCUT2D eigenvalue weighted by atomic mass is 10.1. The number of nitrogens with zero attached hydrogens (tertiary/aromatic N) is 1. The highest BCUT2D eigenvalue weighted by Crippen LogP contribution is 2.38. The van der Waals surface area contributed by atoms with Gasteiger partial charge >= 0.3 is 5.97 Å². The fourth-order valence-electron chi connectivity index (χ4n) is 3.67. The van der Waals surface area contributed by atoms with Gasteiger partial charge in [0.15, 0.2) is 11.5 Å². The Balaban J connectivity index is 1.55. The summed E-state index contributed by atoms with van der Waals surface area (Å²) < 4.78 is 39.8. The first kappa shape index (κ1) is 23.1. The number of carbonyl (C=O) groups is 3. The van der Waals surface area contributed by atoms with Crippen molar-refractivity contribution in [2.45, 2.75) is 19.1 Å². The number of ether oxygens (including phenoxy) is 3. The van der Waals surface area contributed by atoms with E-state index in [9.17, 15) is 22.8 Å². The summed E-state index contributed by atoms with van der Waals surface area (Å²) in [5.74, 6) is -1.85. The Bertz CT molecular complexity index is 1210. The molecule has 174 valence electrons. The lowest BCUT2D eigenvalue weighted by molar-refractivity contribution is -0.149. The van der Waals surface area contributed by atoms with Gasteiger partial charge in [-0.05, 0) is 36.2 Å². The zero-order valence-corrected chi connectivity index (χ0v) is 19.1. The molecule has 0 spiro atoms. The van der Waals surface area contributed by atoms with Gasteiger partial charge in [0.2, 0.25) is 0 Å². The van der Waals surface area contributed by atoms with Crippen molar-refractivity contribution in [3.8, 4) is 11.5 Å². The number of sulfone groups is 1. The Kier molecular flexibility index (Phi) is 6.31. The van der Waals surface area contributed by atoms with Gasteiger partial charge in [0.1, 0.15) is 35.7 Å². The minimum atomic E-state index is -3.47. The van der Waals surface area contributed by atoms with Crippen LogP contribution in [0.3, 0.4) is 0 Å². The van der Waals surface area contributed by atoms with Gasteiger partial charge in [-0.25, -0.2) is 13.2 Å². The predicted octanol–water partition coefficient (Wildman–Crippen LogP) is 2.25. The van der Waals surface area contributed by atoms with Crippen molar-refractivity contribution in [1.82, 2.24) is 4.90 Å². The number of benzene rings is 2. The van der Waals surface area contributed by atoms with E-state index in [4.69, 9.17) is 25.8 Å². The number of imide groups is 1. The third kappa shape index (κ3) is 4.81. The summed E-state index contributed by atoms with van der Waals surface area (Å²) in [5.41, 5.74) is 0.804. The van der Waals surface area contributed by atoms with Crippen molar-refractivity contribution in [2.75, 3.05) is 25.2 Å². The maximum absolute atomic E-state index is 13.0. The molecule has 33 heavy (non-hydrogen) atoms. The molecule has 2 aromatic rings. The monoisotopic (exact) mass is 493 g/mol. The van der Waals surface area contributed by atoms with Gasteiger partial charge in [0.25, 0.3) is 11.8 Å². The highest BCUT2D eigenvalue weighted by Gasteiger charge is 2.43. The molecular weight excluding hydrogens is 474 g/mol. The van der Waals surface area contributed by atoms with Gasteiger partial charge in [0, 0.05) is 6.26 Å². The van der Waals surface area contributed by atoms with Gasteiger partial charge in [-0.2, -0.15) is 0 Å². The van der Waals surface area contributed by atoms with Crippen LogP contribution in [0, 0.1) is 0 Å². The maximum atomic E-state index is 13.0. The van der Waals surface area contributed by atoms with E-state index < -0.39 is 39.4 Å². The average Bonchev–Trinajstić information content (AvgIpc) is 3.03. The van der Waals surface area contributed by atoms with Crippen LogP contribution in [0.25, 0.3) is 0 Å². The molecule has 2 aliphatic heterocycles. The van der Waals surface area contributed by atoms with E-state index in [1.165, 1.54) is 12.1 Å². The largest absolute Gasteiger partial charge is 0.486 e. The third-order valence-corrected chi connectivity index (χ3v) is 6.47. The summed E-state index contributed by atoms with van der Waals surface area (Å²) in [6.07, 6.45) is 0.722. The Hall–Kier alpha value is -3.11. The van der Waals surface area contributed by atoms with Gasteiger partial charge < -0.3 is 14.2 Å². The van der Waals surface area contributed by atoms with Crippen LogP contribution in [0.2, 0.25) is 5.02 Å². The van der Waals surface area contributed by atoms with Gasteiger partial charge in [-0.1, -0.05) is 23.7 Å². The van der Waals surface area contributed by atoms with Crippen LogP contribution in [-0.2, 0) is 26.0 Å². The van der Waals surface area contributed by atoms with Crippen LogP contribution in [0.15, 0.2) is 36.4 Å². The molecule has 9 nitrogen and oxygen atoms in total. The molecule has 0 radical (unpaired) electrons. The molecule has 0 aromatic heterocycles. The zero-order valence-electron chi connectivity index (χ0n) is 17.6. The topological polar surface area (TPSA) is 116 Å². The SMILES string of the molecule is CS(=O)(=O)CCC(C(=O)OCc1cc(Cl)c2c(c1)OCCO2)N1C(=O)c2ccccc2C1=O. The molecule has 0 aliphatic carbocycles. The molecule has 2 aliphatic rings. The Morgan fingerprint density at radius 1 is 1.12 bits per heavy atom. The highest BCUT2D eigenvalue weighted by atomic mass is 35.5. The molecule has 2 heterocycles. The lowest BCUT2D eigenvalue weighted by Crippen LogP contribution is -2.46. The van der Waals surface area contributed by atoms with E-state index in [1.807, 2.05) is 0 Å². The minimum absolute atomic E-state index is 0.151. The Morgan fingerprint density at radius 2 is 1.76 bits per heavy atom. The van der Waals surface area contributed by atoms with Crippen LogP contribution in [0.5, 0.6) is 11.5 Å². The third-order valence-electron chi connectivity index (χ3n) is 5.21. The molecule has 0 saturated heterocycles. The Labute approximate surface area is 195 Å². The number of hydrogen-bond donors (Lipinski definition) is 0. The standard InChI is InChI=1S/C22H20ClNO8S/c1-33(28,29)9-6-17(24-20(25)14-4-2-3-5-15(14)21(24)26)22(27)32-12-13-10-16(23)19-18(11-13)30-7-8-31-19/h2-5,10-11,17H,6-9,12H2,1H3. The van der Waals surface area contributed by atoms with Crippen molar-refractivity contribution in [2.24, 2.45) is 0 Å². The second-order valence-electron chi connectivity index (χ2n) is 7.67. The summed E-state index contributed by atoms with van der Waals surface area (Å²) in [4.78, 5) is 39.5. The lowest BCUT2D eigenvalue weighted by Gasteiger charge is -2.24. The molecular formula is C22H20ClNO8S. The molecule has 0 N–H and O–H groups in total. The molecule has 0 saturated carbocycles. The predicted molar refractivity (Wildman–Crippen MR) is 117 cm³/mol. The summed E-state index contributed by atoms with van der Waals surface area (Å²) in [6, 6.07) is 7.92. The highest BCUT2D eigenvalue weighted by molar-refractivity contribution is 7.90. The molecule has 1 unspecified atom stereocenters. The number of amides is 2. The fourth-order valence-corrected chi connectivity index (χ4v) is 4.61. The zero-order chi connectivity index (χ0) is 23.8. The van der Waals surface area contributed by atoms with Gasteiger partial charge in [-0.3, -0.25) is 14.5 Å². The second-order valence-corrected chi connectivity index (χ2v) is 10.3. The van der Waals surface area contributed by atoms with Crippen LogP contribution >= 0.6 is 11.6 Å². The van der Waals surface area contributed by atoms with Crippen LogP contribution in [0.1, 0.15) is 32.7 Å².